The average Bonchev–Trinajstić information content (AvgIpc) is 3.39. The van der Waals surface area contributed by atoms with Gasteiger partial charge in [0, 0.05) is 47.7 Å². The fourth-order valence-corrected chi connectivity index (χ4v) is 4.93. The lowest BCUT2D eigenvalue weighted by atomic mass is 10.0. The highest BCUT2D eigenvalue weighted by Crippen LogP contribution is 2.37. The summed E-state index contributed by atoms with van der Waals surface area (Å²) in [6, 6.07) is 19.8. The topological polar surface area (TPSA) is 39.3 Å². The monoisotopic (exact) mass is 359 g/mol. The SMILES string of the molecule is CC(C)N1C[C@@H]2C[C@H]1CN2C(=O)c1[nH]c2ccccc2c1-c1ccccc1. The average molecular weight is 359 g/mol. The minimum absolute atomic E-state index is 0.140. The number of likely N-dealkylation sites (tertiary alicyclic amines) is 2. The van der Waals surface area contributed by atoms with Gasteiger partial charge >= 0.3 is 0 Å². The standard InChI is InChI=1S/C23H25N3O/c1-15(2)25-13-18-12-17(25)14-26(18)23(27)22-21(16-8-4-3-5-9-16)19-10-6-7-11-20(19)24-22/h3-11,15,17-18,24H,12-14H2,1-2H3/t17-,18-/m0/s1. The smallest absolute Gasteiger partial charge is 0.271 e. The molecule has 1 aromatic heterocycles. The number of hydrogen-bond donors (Lipinski definition) is 1. The highest BCUT2D eigenvalue weighted by molar-refractivity contribution is 6.09. The van der Waals surface area contributed by atoms with Gasteiger partial charge in [-0.25, -0.2) is 0 Å². The predicted octanol–water partition coefficient (Wildman–Crippen LogP) is 4.14. The normalized spacial score (nSPS) is 22.3. The number of para-hydroxylation sites is 1. The van der Waals surface area contributed by atoms with Crippen molar-refractivity contribution < 1.29 is 4.79 Å². The first kappa shape index (κ1) is 16.6. The Bertz CT molecular complexity index is 991. The molecule has 0 aliphatic carbocycles. The van der Waals surface area contributed by atoms with Gasteiger partial charge in [-0.2, -0.15) is 0 Å². The van der Waals surface area contributed by atoms with Gasteiger partial charge < -0.3 is 9.88 Å². The molecule has 2 fully saturated rings. The first-order valence-electron chi connectivity index (χ1n) is 9.86. The lowest BCUT2D eigenvalue weighted by Gasteiger charge is -2.36. The molecule has 0 radical (unpaired) electrons. The van der Waals surface area contributed by atoms with Crippen LogP contribution in [0.2, 0.25) is 0 Å². The number of amides is 1. The van der Waals surface area contributed by atoms with E-state index in [0.717, 1.165) is 47.2 Å². The molecule has 1 amide bonds. The van der Waals surface area contributed by atoms with Gasteiger partial charge in [-0.15, -0.1) is 0 Å². The molecule has 2 aliphatic heterocycles. The van der Waals surface area contributed by atoms with Gasteiger partial charge in [0.1, 0.15) is 5.69 Å². The number of carbonyl (C=O) groups excluding carboxylic acids is 1. The van der Waals surface area contributed by atoms with Crippen molar-refractivity contribution in [2.75, 3.05) is 13.1 Å². The second-order valence-corrected chi connectivity index (χ2v) is 8.08. The number of aromatic amines is 1. The van der Waals surface area contributed by atoms with Crippen LogP contribution in [0.5, 0.6) is 0 Å². The second kappa shape index (κ2) is 6.24. The fraction of sp³-hybridized carbons (Fsp3) is 0.348. The summed E-state index contributed by atoms with van der Waals surface area (Å²) in [7, 11) is 0. The van der Waals surface area contributed by atoms with Crippen LogP contribution in [-0.4, -0.2) is 51.9 Å². The summed E-state index contributed by atoms with van der Waals surface area (Å²) in [4.78, 5) is 21.6. The van der Waals surface area contributed by atoms with E-state index in [1.165, 1.54) is 0 Å². The van der Waals surface area contributed by atoms with Gasteiger partial charge in [-0.3, -0.25) is 9.69 Å². The van der Waals surface area contributed by atoms with E-state index in [1.54, 1.807) is 0 Å². The summed E-state index contributed by atoms with van der Waals surface area (Å²) in [5.41, 5.74) is 3.87. The number of nitrogens with zero attached hydrogens (tertiary/aromatic N) is 2. The maximum Gasteiger partial charge on any atom is 0.271 e. The Kier molecular flexibility index (Phi) is 3.83. The number of nitrogens with one attached hydrogen (secondary N) is 1. The number of aromatic nitrogens is 1. The van der Waals surface area contributed by atoms with Crippen LogP contribution in [0, 0.1) is 0 Å². The van der Waals surface area contributed by atoms with E-state index in [4.69, 9.17) is 0 Å². The van der Waals surface area contributed by atoms with Gasteiger partial charge in [0.05, 0.1) is 0 Å². The molecule has 0 unspecified atom stereocenters. The Labute approximate surface area is 159 Å². The highest BCUT2D eigenvalue weighted by atomic mass is 16.2. The molecule has 4 nitrogen and oxygen atoms in total. The zero-order valence-corrected chi connectivity index (χ0v) is 15.9. The van der Waals surface area contributed by atoms with E-state index in [2.05, 4.69) is 52.9 Å². The molecule has 2 aromatic carbocycles. The largest absolute Gasteiger partial charge is 0.350 e. The van der Waals surface area contributed by atoms with E-state index in [0.29, 0.717) is 18.1 Å². The second-order valence-electron chi connectivity index (χ2n) is 8.08. The van der Waals surface area contributed by atoms with E-state index in [9.17, 15) is 4.79 Å². The number of carbonyl (C=O) groups is 1. The third-order valence-corrected chi connectivity index (χ3v) is 6.19. The molecular formula is C23H25N3O. The molecule has 138 valence electrons. The molecule has 0 saturated carbocycles. The zero-order valence-electron chi connectivity index (χ0n) is 15.9. The first-order chi connectivity index (χ1) is 13.1. The Morgan fingerprint density at radius 1 is 1.00 bits per heavy atom. The summed E-state index contributed by atoms with van der Waals surface area (Å²) in [5.74, 6) is 0.140. The van der Waals surface area contributed by atoms with Gasteiger partial charge in [-0.1, -0.05) is 48.5 Å². The van der Waals surface area contributed by atoms with Crippen LogP contribution >= 0.6 is 0 Å². The lowest BCUT2D eigenvalue weighted by Crippen LogP contribution is -2.50. The van der Waals surface area contributed by atoms with Crippen molar-refractivity contribution >= 4 is 16.8 Å². The van der Waals surface area contributed by atoms with Crippen molar-refractivity contribution in [3.63, 3.8) is 0 Å². The van der Waals surface area contributed by atoms with Crippen molar-refractivity contribution in [2.24, 2.45) is 0 Å². The molecule has 3 aromatic rings. The molecule has 0 spiro atoms. The molecular weight excluding hydrogens is 334 g/mol. The summed E-state index contributed by atoms with van der Waals surface area (Å²) in [6.07, 6.45) is 1.10. The van der Waals surface area contributed by atoms with Crippen LogP contribution in [0.4, 0.5) is 0 Å². The Morgan fingerprint density at radius 2 is 1.74 bits per heavy atom. The molecule has 5 rings (SSSR count). The number of benzene rings is 2. The molecule has 2 atom stereocenters. The third-order valence-electron chi connectivity index (χ3n) is 6.19. The predicted molar refractivity (Wildman–Crippen MR) is 109 cm³/mol. The van der Waals surface area contributed by atoms with Crippen LogP contribution in [0.15, 0.2) is 54.6 Å². The zero-order chi connectivity index (χ0) is 18.5. The number of H-pyrrole nitrogens is 1. The number of fused-ring (bicyclic) bond motifs is 3. The molecule has 2 bridgehead atoms. The summed E-state index contributed by atoms with van der Waals surface area (Å²) in [5, 5.41) is 1.11. The van der Waals surface area contributed by atoms with Crippen molar-refractivity contribution in [1.29, 1.82) is 0 Å². The van der Waals surface area contributed by atoms with Crippen molar-refractivity contribution in [1.82, 2.24) is 14.8 Å². The Balaban J connectivity index is 1.55. The summed E-state index contributed by atoms with van der Waals surface area (Å²) >= 11 is 0. The molecule has 27 heavy (non-hydrogen) atoms. The summed E-state index contributed by atoms with van der Waals surface area (Å²) < 4.78 is 0. The van der Waals surface area contributed by atoms with Crippen molar-refractivity contribution in [3.8, 4) is 11.1 Å². The minimum atomic E-state index is 0.140. The minimum Gasteiger partial charge on any atom is -0.350 e. The number of rotatable bonds is 3. The van der Waals surface area contributed by atoms with Crippen molar-refractivity contribution in [2.45, 2.75) is 38.4 Å². The third kappa shape index (κ3) is 2.59. The highest BCUT2D eigenvalue weighted by Gasteiger charge is 2.46. The number of piperazine rings is 1. The fourth-order valence-electron chi connectivity index (χ4n) is 4.93. The maximum absolute atomic E-state index is 13.6. The molecule has 1 N–H and O–H groups in total. The van der Waals surface area contributed by atoms with E-state index in [-0.39, 0.29) is 5.91 Å². The van der Waals surface area contributed by atoms with Crippen molar-refractivity contribution in [3.05, 3.63) is 60.3 Å². The van der Waals surface area contributed by atoms with Gasteiger partial charge in [0.2, 0.25) is 0 Å². The van der Waals surface area contributed by atoms with Crippen LogP contribution in [0.1, 0.15) is 30.8 Å². The van der Waals surface area contributed by atoms with Crippen LogP contribution in [-0.2, 0) is 0 Å². The Hall–Kier alpha value is -2.59. The van der Waals surface area contributed by atoms with Crippen LogP contribution in [0.3, 0.4) is 0 Å². The quantitative estimate of drug-likeness (QED) is 0.763. The summed E-state index contributed by atoms with van der Waals surface area (Å²) in [6.45, 7) is 6.33. The van der Waals surface area contributed by atoms with Crippen LogP contribution < -0.4 is 0 Å². The van der Waals surface area contributed by atoms with E-state index < -0.39 is 0 Å². The number of hydrogen-bond acceptors (Lipinski definition) is 2. The van der Waals surface area contributed by atoms with Crippen LogP contribution in [0.25, 0.3) is 22.0 Å². The van der Waals surface area contributed by atoms with E-state index >= 15 is 0 Å². The first-order valence-corrected chi connectivity index (χ1v) is 9.86. The van der Waals surface area contributed by atoms with Gasteiger partial charge in [0.15, 0.2) is 0 Å². The van der Waals surface area contributed by atoms with E-state index in [1.807, 2.05) is 30.3 Å². The molecule has 2 aliphatic rings. The lowest BCUT2D eigenvalue weighted by molar-refractivity contribution is 0.0579. The molecule has 4 heteroatoms. The van der Waals surface area contributed by atoms with Gasteiger partial charge in [0.25, 0.3) is 5.91 Å². The van der Waals surface area contributed by atoms with Gasteiger partial charge in [-0.05, 0) is 31.9 Å². The molecule has 2 saturated heterocycles. The Morgan fingerprint density at radius 3 is 2.44 bits per heavy atom. The maximum atomic E-state index is 13.6. The molecule has 3 heterocycles.